The number of aromatic carboxylic acids is 1. The number of rotatable bonds is 8. The number of fused-ring (bicyclic) bond motifs is 3. The summed E-state index contributed by atoms with van der Waals surface area (Å²) in [5.74, 6) is -0.517. The molecule has 4 aliphatic rings. The first-order valence-corrected chi connectivity index (χ1v) is 15.9. The predicted octanol–water partition coefficient (Wildman–Crippen LogP) is 5.04. The molecule has 8 rings (SSSR count). The van der Waals surface area contributed by atoms with Crippen LogP contribution >= 0.6 is 0 Å². The molecule has 1 aliphatic carbocycles. The van der Waals surface area contributed by atoms with Crippen molar-refractivity contribution < 1.29 is 33.2 Å². The van der Waals surface area contributed by atoms with E-state index >= 15 is 4.39 Å². The molecule has 1 N–H and O–H groups in total. The number of piperazine rings is 1. The second kappa shape index (κ2) is 11.1. The van der Waals surface area contributed by atoms with Gasteiger partial charge in [0.15, 0.2) is 11.5 Å². The molecule has 3 aromatic carbocycles. The maximum absolute atomic E-state index is 15.1. The smallest absolute Gasteiger partial charge is 0.335 e. The molecule has 0 amide bonds. The number of hydrogen-bond donors (Lipinski definition) is 1. The van der Waals surface area contributed by atoms with Crippen LogP contribution < -0.4 is 19.1 Å². The zero-order valence-electron chi connectivity index (χ0n) is 26.1. The van der Waals surface area contributed by atoms with Crippen molar-refractivity contribution in [3.05, 3.63) is 76.9 Å². The molecular weight excluding hydrogens is 605 g/mol. The van der Waals surface area contributed by atoms with E-state index in [1.165, 1.54) is 19.2 Å². The molecule has 4 heterocycles. The molecule has 1 saturated carbocycles. The number of carbonyl (C=O) groups is 1. The van der Waals surface area contributed by atoms with Crippen LogP contribution in [0.25, 0.3) is 11.0 Å². The van der Waals surface area contributed by atoms with Crippen LogP contribution in [0.1, 0.15) is 53.5 Å². The standard InChI is InChI=1S/C35H34FN5O6/c1-35(23-7-6-20(17-37)14-24(23)36)46-29-5-3-4-27(33(29)47-35)40-12-11-39(25-8-9-26(25)40)19-31-38-32-28(41(31)18-22-10-13-45-22)15-21(34(42)43)16-30(32)44-2/h3-7,14-16,22,25-26H,8-13,18-19H2,1-2H3,(H,42,43)/t22-,25-,26-,35-/m0/s1. The number of carboxylic acid groups (broad SMARTS) is 1. The number of para-hydroxylation sites is 1. The fourth-order valence-corrected chi connectivity index (χ4v) is 7.38. The lowest BCUT2D eigenvalue weighted by Gasteiger charge is -2.54. The van der Waals surface area contributed by atoms with Crippen LogP contribution in [0.4, 0.5) is 10.1 Å². The van der Waals surface area contributed by atoms with Crippen molar-refractivity contribution in [2.24, 2.45) is 0 Å². The second-order valence-corrected chi connectivity index (χ2v) is 12.7. The molecular formula is C35H34FN5O6. The summed E-state index contributed by atoms with van der Waals surface area (Å²) in [6, 6.07) is 15.8. The van der Waals surface area contributed by atoms with Crippen LogP contribution in [0.15, 0.2) is 48.5 Å². The van der Waals surface area contributed by atoms with Crippen molar-refractivity contribution in [3.8, 4) is 23.3 Å². The van der Waals surface area contributed by atoms with Gasteiger partial charge < -0.3 is 33.5 Å². The van der Waals surface area contributed by atoms with Crippen LogP contribution in [0, 0.1) is 17.1 Å². The SMILES string of the molecule is COc1cc(C(=O)O)cc2c1nc(CN1CCN(c3cccc4c3O[C@@](C)(c3ccc(C#N)cc3F)O4)[C@H]3CC[C@@H]31)n2C[C@@H]1CCO1. The van der Waals surface area contributed by atoms with E-state index in [9.17, 15) is 15.2 Å². The molecule has 47 heavy (non-hydrogen) atoms. The minimum atomic E-state index is -1.37. The van der Waals surface area contributed by atoms with Crippen molar-refractivity contribution in [3.63, 3.8) is 0 Å². The van der Waals surface area contributed by atoms with Crippen LogP contribution in [0.3, 0.4) is 0 Å². The maximum atomic E-state index is 15.1. The van der Waals surface area contributed by atoms with E-state index < -0.39 is 17.6 Å². The second-order valence-electron chi connectivity index (χ2n) is 12.7. The predicted molar refractivity (Wildman–Crippen MR) is 168 cm³/mol. The highest BCUT2D eigenvalue weighted by molar-refractivity contribution is 5.95. The van der Waals surface area contributed by atoms with Crippen molar-refractivity contribution >= 4 is 22.7 Å². The van der Waals surface area contributed by atoms with E-state index in [1.54, 1.807) is 25.1 Å². The van der Waals surface area contributed by atoms with Gasteiger partial charge in [-0.2, -0.15) is 5.26 Å². The fourth-order valence-electron chi connectivity index (χ4n) is 7.38. The van der Waals surface area contributed by atoms with Gasteiger partial charge in [0.2, 0.25) is 0 Å². The largest absolute Gasteiger partial charge is 0.494 e. The van der Waals surface area contributed by atoms with E-state index in [1.807, 2.05) is 24.3 Å². The summed E-state index contributed by atoms with van der Waals surface area (Å²) in [6.07, 6.45) is 3.04. The number of hydrogen-bond acceptors (Lipinski definition) is 9. The van der Waals surface area contributed by atoms with Crippen LogP contribution in [0.2, 0.25) is 0 Å². The summed E-state index contributed by atoms with van der Waals surface area (Å²) in [7, 11) is 1.53. The van der Waals surface area contributed by atoms with Crippen LogP contribution in [-0.4, -0.2) is 70.5 Å². The highest BCUT2D eigenvalue weighted by atomic mass is 19.1. The number of halogens is 1. The Labute approximate surface area is 270 Å². The maximum Gasteiger partial charge on any atom is 0.335 e. The Morgan fingerprint density at radius 2 is 1.98 bits per heavy atom. The molecule has 11 nitrogen and oxygen atoms in total. The van der Waals surface area contributed by atoms with Crippen molar-refractivity contribution in [2.45, 2.75) is 63.3 Å². The van der Waals surface area contributed by atoms with E-state index in [4.69, 9.17) is 23.9 Å². The number of aromatic nitrogens is 2. The third kappa shape index (κ3) is 4.84. The highest BCUT2D eigenvalue weighted by Crippen LogP contribution is 2.51. The number of nitriles is 1. The van der Waals surface area contributed by atoms with Gasteiger partial charge >= 0.3 is 5.97 Å². The molecule has 1 aromatic heterocycles. The minimum Gasteiger partial charge on any atom is -0.494 e. The molecule has 2 saturated heterocycles. The quantitative estimate of drug-likeness (QED) is 0.281. The van der Waals surface area contributed by atoms with Gasteiger partial charge in [-0.05, 0) is 61.7 Å². The zero-order chi connectivity index (χ0) is 32.4. The third-order valence-corrected chi connectivity index (χ3v) is 10.0. The lowest BCUT2D eigenvalue weighted by molar-refractivity contribution is -0.0706. The Balaban J connectivity index is 1.06. The number of carboxylic acids is 1. The number of ether oxygens (including phenoxy) is 4. The van der Waals surface area contributed by atoms with Gasteiger partial charge in [-0.15, -0.1) is 0 Å². The van der Waals surface area contributed by atoms with Crippen LogP contribution in [0.5, 0.6) is 17.2 Å². The van der Waals surface area contributed by atoms with E-state index in [-0.39, 0.29) is 34.9 Å². The third-order valence-electron chi connectivity index (χ3n) is 10.0. The Hall–Kier alpha value is -4.86. The normalized spacial score (nSPS) is 24.7. The summed E-state index contributed by atoms with van der Waals surface area (Å²) in [5, 5.41) is 18.9. The van der Waals surface area contributed by atoms with Gasteiger partial charge in [0.05, 0.1) is 60.3 Å². The van der Waals surface area contributed by atoms with Crippen molar-refractivity contribution in [1.82, 2.24) is 14.5 Å². The lowest BCUT2D eigenvalue weighted by Crippen LogP contribution is -2.64. The number of anilines is 1. The number of benzene rings is 3. The topological polar surface area (TPSA) is 122 Å². The molecule has 12 heteroatoms. The summed E-state index contributed by atoms with van der Waals surface area (Å²) in [6.45, 7) is 5.12. The Kier molecular flexibility index (Phi) is 7.00. The molecule has 0 bridgehead atoms. The average Bonchev–Trinajstić information content (AvgIpc) is 3.55. The first-order chi connectivity index (χ1) is 22.8. The minimum absolute atomic E-state index is 0.0600. The number of methoxy groups -OCH3 is 1. The number of imidazole rings is 1. The molecule has 0 unspecified atom stereocenters. The molecule has 0 radical (unpaired) electrons. The molecule has 4 atom stereocenters. The first kappa shape index (κ1) is 29.5. The molecule has 3 aliphatic heterocycles. The Morgan fingerprint density at radius 1 is 1.15 bits per heavy atom. The van der Waals surface area contributed by atoms with Crippen molar-refractivity contribution in [2.75, 3.05) is 31.7 Å². The van der Waals surface area contributed by atoms with Gasteiger partial charge in [0, 0.05) is 38.7 Å². The summed E-state index contributed by atoms with van der Waals surface area (Å²) >= 11 is 0. The number of nitrogens with zero attached hydrogens (tertiary/aromatic N) is 5. The van der Waals surface area contributed by atoms with Gasteiger partial charge in [0.25, 0.3) is 5.79 Å². The zero-order valence-corrected chi connectivity index (χ0v) is 26.1. The first-order valence-electron chi connectivity index (χ1n) is 15.9. The Bertz CT molecular complexity index is 1950. The summed E-state index contributed by atoms with van der Waals surface area (Å²) in [5.41, 5.74) is 2.91. The van der Waals surface area contributed by atoms with E-state index in [0.717, 1.165) is 56.0 Å². The highest BCUT2D eigenvalue weighted by Gasteiger charge is 2.47. The molecule has 4 aromatic rings. The lowest BCUT2D eigenvalue weighted by atomic mass is 9.81. The van der Waals surface area contributed by atoms with Gasteiger partial charge in [-0.25, -0.2) is 14.2 Å². The van der Waals surface area contributed by atoms with E-state index in [0.29, 0.717) is 35.9 Å². The summed E-state index contributed by atoms with van der Waals surface area (Å²) in [4.78, 5) is 21.8. The summed E-state index contributed by atoms with van der Waals surface area (Å²) < 4.78 is 41.2. The molecule has 3 fully saturated rings. The van der Waals surface area contributed by atoms with Gasteiger partial charge in [0.1, 0.15) is 22.9 Å². The van der Waals surface area contributed by atoms with E-state index in [2.05, 4.69) is 14.4 Å². The van der Waals surface area contributed by atoms with Gasteiger partial charge in [-0.1, -0.05) is 6.07 Å². The molecule has 242 valence electrons. The molecule has 0 spiro atoms. The average molecular weight is 640 g/mol. The van der Waals surface area contributed by atoms with Crippen molar-refractivity contribution in [1.29, 1.82) is 5.26 Å². The monoisotopic (exact) mass is 639 g/mol. The van der Waals surface area contributed by atoms with Gasteiger partial charge in [-0.3, -0.25) is 4.90 Å². The fraction of sp³-hybridized carbons (Fsp3) is 0.400. The Morgan fingerprint density at radius 3 is 2.66 bits per heavy atom. The van der Waals surface area contributed by atoms with Crippen LogP contribution in [-0.2, 0) is 23.6 Å².